The Kier molecular flexibility index (Phi) is 38.8. The van der Waals surface area contributed by atoms with Crippen molar-refractivity contribution in [2.75, 3.05) is 47.5 Å². The molecule has 0 aliphatic rings. The van der Waals surface area contributed by atoms with Gasteiger partial charge in [-0.05, 0) is 12.8 Å². The van der Waals surface area contributed by atoms with Crippen LogP contribution in [0.25, 0.3) is 0 Å². The minimum atomic E-state index is -4.61. The Morgan fingerprint density at radius 2 is 0.804 bits per heavy atom. The quantitative estimate of drug-likeness (QED) is 0.0259. The van der Waals surface area contributed by atoms with E-state index in [1.54, 1.807) is 0 Å². The van der Waals surface area contributed by atoms with Crippen LogP contribution < -0.4 is 4.89 Å². The van der Waals surface area contributed by atoms with Crippen molar-refractivity contribution in [3.05, 3.63) is 0 Å². The zero-order valence-corrected chi connectivity index (χ0v) is 38.5. The molecule has 0 aromatic carbocycles. The minimum Gasteiger partial charge on any atom is -0.756 e. The fraction of sp³-hybridized carbons (Fsp3) is 0.957. The highest BCUT2D eigenvalue weighted by Gasteiger charge is 2.21. The summed E-state index contributed by atoms with van der Waals surface area (Å²) in [6, 6.07) is 0. The van der Waals surface area contributed by atoms with Gasteiger partial charge in [0.1, 0.15) is 19.8 Å². The third-order valence-electron chi connectivity index (χ3n) is 10.6. The summed E-state index contributed by atoms with van der Waals surface area (Å²) in [6.07, 6.45) is 40.0. The zero-order valence-electron chi connectivity index (χ0n) is 37.6. The van der Waals surface area contributed by atoms with Crippen molar-refractivity contribution < 1.29 is 42.1 Å². The van der Waals surface area contributed by atoms with Gasteiger partial charge >= 0.3 is 11.9 Å². The second-order valence-corrected chi connectivity index (χ2v) is 18.9. The molecule has 0 radical (unpaired) electrons. The zero-order chi connectivity index (χ0) is 41.4. The SMILES string of the molecule is CCCCCCCCCCCCCCCCCCCCCCCCC(=O)OC(COC(=O)CCCCCCCCCCCC)COP(=O)([O-])OCC[N+](C)(C)C. The van der Waals surface area contributed by atoms with E-state index in [4.69, 9.17) is 18.5 Å². The number of nitrogens with zero attached hydrogens (tertiary/aromatic N) is 1. The average Bonchev–Trinajstić information content (AvgIpc) is 3.15. The largest absolute Gasteiger partial charge is 0.756 e. The Balaban J connectivity index is 4.16. The first kappa shape index (κ1) is 55.0. The van der Waals surface area contributed by atoms with E-state index in [-0.39, 0.29) is 32.0 Å². The summed E-state index contributed by atoms with van der Waals surface area (Å²) < 4.78 is 33.9. The van der Waals surface area contributed by atoms with Gasteiger partial charge in [-0.3, -0.25) is 14.2 Å². The fourth-order valence-corrected chi connectivity index (χ4v) is 7.62. The maximum atomic E-state index is 12.7. The van der Waals surface area contributed by atoms with Crippen LogP contribution in [-0.2, 0) is 32.7 Å². The van der Waals surface area contributed by atoms with Gasteiger partial charge in [0, 0.05) is 12.8 Å². The lowest BCUT2D eigenvalue weighted by Gasteiger charge is -2.28. The lowest BCUT2D eigenvalue weighted by atomic mass is 10.0. The Hall–Kier alpha value is -0.990. The van der Waals surface area contributed by atoms with E-state index in [1.807, 2.05) is 21.1 Å². The molecule has 0 bridgehead atoms. The molecule has 0 aliphatic carbocycles. The molecule has 2 unspecified atom stereocenters. The van der Waals surface area contributed by atoms with Crippen molar-refractivity contribution in [1.29, 1.82) is 0 Å². The van der Waals surface area contributed by atoms with Gasteiger partial charge in [-0.2, -0.15) is 0 Å². The lowest BCUT2D eigenvalue weighted by Crippen LogP contribution is -2.37. The molecule has 0 N–H and O–H groups in total. The van der Waals surface area contributed by atoms with Crippen LogP contribution in [-0.4, -0.2) is 70.0 Å². The normalized spacial score (nSPS) is 13.5. The molecule has 0 fully saturated rings. The van der Waals surface area contributed by atoms with Crippen molar-refractivity contribution in [2.24, 2.45) is 0 Å². The second-order valence-electron chi connectivity index (χ2n) is 17.5. The number of quaternary nitrogens is 1. The molecule has 0 heterocycles. The number of ether oxygens (including phenoxy) is 2. The van der Waals surface area contributed by atoms with Gasteiger partial charge in [-0.15, -0.1) is 0 Å². The molecule has 0 aromatic rings. The fourth-order valence-electron chi connectivity index (χ4n) is 6.89. The highest BCUT2D eigenvalue weighted by molar-refractivity contribution is 7.45. The number of carbonyl (C=O) groups excluding carboxylic acids is 2. The standard InChI is InChI=1S/C46H92NO8P/c1-6-8-10-12-14-16-18-19-20-21-22-23-24-25-26-27-28-29-31-33-35-37-39-46(49)55-44(43-54-56(50,51)53-41-40-47(3,4)5)42-52-45(48)38-36-34-32-30-17-15-13-11-9-7-2/h44H,6-43H2,1-5H3. The van der Waals surface area contributed by atoms with E-state index >= 15 is 0 Å². The smallest absolute Gasteiger partial charge is 0.306 e. The summed E-state index contributed by atoms with van der Waals surface area (Å²) in [5.41, 5.74) is 0. The molecule has 0 spiro atoms. The Morgan fingerprint density at radius 3 is 1.14 bits per heavy atom. The molecule has 0 aliphatic heterocycles. The van der Waals surface area contributed by atoms with Crippen LogP contribution in [0.1, 0.15) is 232 Å². The van der Waals surface area contributed by atoms with E-state index in [2.05, 4.69) is 13.8 Å². The predicted molar refractivity (Wildman–Crippen MR) is 232 cm³/mol. The lowest BCUT2D eigenvalue weighted by molar-refractivity contribution is -0.870. The first-order valence-corrected chi connectivity index (χ1v) is 25.2. The van der Waals surface area contributed by atoms with Crippen molar-refractivity contribution in [3.8, 4) is 0 Å². The third kappa shape index (κ3) is 42.6. The average molecular weight is 818 g/mol. The monoisotopic (exact) mass is 818 g/mol. The van der Waals surface area contributed by atoms with Crippen molar-refractivity contribution in [1.82, 2.24) is 0 Å². The van der Waals surface area contributed by atoms with Crippen LogP contribution in [0.3, 0.4) is 0 Å². The van der Waals surface area contributed by atoms with Gasteiger partial charge < -0.3 is 27.9 Å². The van der Waals surface area contributed by atoms with E-state index in [0.29, 0.717) is 17.4 Å². The number of likely N-dealkylation sites (N-methyl/N-ethyl adjacent to an activating group) is 1. The molecule has 2 atom stereocenters. The summed E-state index contributed by atoms with van der Waals surface area (Å²) >= 11 is 0. The van der Waals surface area contributed by atoms with Crippen molar-refractivity contribution in [3.63, 3.8) is 0 Å². The number of hydrogen-bond acceptors (Lipinski definition) is 8. The third-order valence-corrected chi connectivity index (χ3v) is 11.6. The van der Waals surface area contributed by atoms with Crippen LogP contribution in [0.5, 0.6) is 0 Å². The Morgan fingerprint density at radius 1 is 0.482 bits per heavy atom. The van der Waals surface area contributed by atoms with Gasteiger partial charge in [0.2, 0.25) is 0 Å². The molecule has 56 heavy (non-hydrogen) atoms. The molecule has 0 aromatic heterocycles. The number of carbonyl (C=O) groups is 2. The summed E-state index contributed by atoms with van der Waals surface area (Å²) in [7, 11) is 1.18. The molecule has 0 saturated carbocycles. The first-order valence-electron chi connectivity index (χ1n) is 23.7. The maximum absolute atomic E-state index is 12.7. The molecule has 334 valence electrons. The maximum Gasteiger partial charge on any atom is 0.306 e. The van der Waals surface area contributed by atoms with Crippen molar-refractivity contribution in [2.45, 2.75) is 238 Å². The second kappa shape index (κ2) is 39.5. The summed E-state index contributed by atoms with van der Waals surface area (Å²) in [4.78, 5) is 37.5. The van der Waals surface area contributed by atoms with Crippen LogP contribution in [0.2, 0.25) is 0 Å². The number of hydrogen-bond donors (Lipinski definition) is 0. The van der Waals surface area contributed by atoms with Gasteiger partial charge in [0.05, 0.1) is 27.7 Å². The van der Waals surface area contributed by atoms with E-state index in [9.17, 15) is 19.0 Å². The van der Waals surface area contributed by atoms with Crippen LogP contribution >= 0.6 is 7.82 Å². The molecule has 0 amide bonds. The molecule has 10 heteroatoms. The number of unbranched alkanes of at least 4 members (excludes halogenated alkanes) is 30. The Bertz CT molecular complexity index is 927. The minimum absolute atomic E-state index is 0.0257. The number of phosphoric acid groups is 1. The molecule has 0 saturated heterocycles. The van der Waals surface area contributed by atoms with E-state index in [0.717, 1.165) is 32.1 Å². The first-order chi connectivity index (χ1) is 27.0. The molecular formula is C46H92NO8P. The molecule has 0 rings (SSSR count). The summed E-state index contributed by atoms with van der Waals surface area (Å²) in [5, 5.41) is 0. The van der Waals surface area contributed by atoms with Crippen molar-refractivity contribution >= 4 is 19.8 Å². The number of phosphoric ester groups is 1. The molecular weight excluding hydrogens is 725 g/mol. The Labute approximate surface area is 346 Å². The van der Waals surface area contributed by atoms with Crippen LogP contribution in [0.15, 0.2) is 0 Å². The highest BCUT2D eigenvalue weighted by Crippen LogP contribution is 2.38. The summed E-state index contributed by atoms with van der Waals surface area (Å²) in [6.45, 7) is 4.25. The number of rotatable bonds is 44. The van der Waals surface area contributed by atoms with Gasteiger partial charge in [0.15, 0.2) is 6.10 Å². The van der Waals surface area contributed by atoms with Crippen LogP contribution in [0, 0.1) is 0 Å². The topological polar surface area (TPSA) is 111 Å². The van der Waals surface area contributed by atoms with Gasteiger partial charge in [-0.25, -0.2) is 0 Å². The molecule has 9 nitrogen and oxygen atoms in total. The van der Waals surface area contributed by atoms with Crippen LogP contribution in [0.4, 0.5) is 0 Å². The summed E-state index contributed by atoms with van der Waals surface area (Å²) in [5.74, 6) is -0.820. The highest BCUT2D eigenvalue weighted by atomic mass is 31.2. The number of esters is 2. The predicted octanol–water partition coefficient (Wildman–Crippen LogP) is 13.0. The van der Waals surface area contributed by atoms with Gasteiger partial charge in [-0.1, -0.05) is 206 Å². The van der Waals surface area contributed by atoms with E-state index < -0.39 is 26.5 Å². The van der Waals surface area contributed by atoms with E-state index in [1.165, 1.54) is 167 Å². The van der Waals surface area contributed by atoms with Gasteiger partial charge in [0.25, 0.3) is 7.82 Å².